The molecule has 0 amide bonds. The first-order valence-corrected chi connectivity index (χ1v) is 5.66. The second kappa shape index (κ2) is 4.33. The van der Waals surface area contributed by atoms with Gasteiger partial charge in [0.25, 0.3) is 0 Å². The minimum Gasteiger partial charge on any atom is -0.353 e. The van der Waals surface area contributed by atoms with Gasteiger partial charge >= 0.3 is 0 Å². The largest absolute Gasteiger partial charge is 0.353 e. The normalized spacial score (nSPS) is 16.5. The maximum Gasteiger partial charge on any atom is 0.243 e. The van der Waals surface area contributed by atoms with Crippen molar-refractivity contribution in [2.75, 3.05) is 36.3 Å². The first kappa shape index (κ1) is 11.8. The summed E-state index contributed by atoms with van der Waals surface area (Å²) in [5, 5.41) is 3.23. The zero-order valence-corrected chi connectivity index (χ0v) is 10.5. The van der Waals surface area contributed by atoms with Crippen molar-refractivity contribution in [3.05, 3.63) is 0 Å². The molecule has 94 valence electrons. The summed E-state index contributed by atoms with van der Waals surface area (Å²) >= 11 is 0. The number of nitrogens with one attached hydrogen (secondary N) is 2. The number of nitrogen functional groups attached to an aromatic ring is 1. The molecule has 1 saturated carbocycles. The third-order valence-corrected chi connectivity index (χ3v) is 2.93. The maximum absolute atomic E-state index is 5.33. The van der Waals surface area contributed by atoms with Crippen LogP contribution in [-0.4, -0.2) is 35.6 Å². The Morgan fingerprint density at radius 3 is 2.41 bits per heavy atom. The van der Waals surface area contributed by atoms with Crippen molar-refractivity contribution in [1.82, 2.24) is 15.0 Å². The lowest BCUT2D eigenvalue weighted by atomic mass is 10.1. The summed E-state index contributed by atoms with van der Waals surface area (Å²) < 4.78 is 0. The molecule has 0 aromatic carbocycles. The van der Waals surface area contributed by atoms with E-state index in [1.807, 2.05) is 19.0 Å². The van der Waals surface area contributed by atoms with Gasteiger partial charge in [-0.2, -0.15) is 15.0 Å². The molecule has 1 aromatic heterocycles. The van der Waals surface area contributed by atoms with E-state index in [9.17, 15) is 0 Å². The summed E-state index contributed by atoms with van der Waals surface area (Å²) in [5.74, 6) is 6.84. The maximum atomic E-state index is 5.33. The zero-order valence-electron chi connectivity index (χ0n) is 10.5. The number of nitrogens with zero attached hydrogens (tertiary/aromatic N) is 4. The van der Waals surface area contributed by atoms with Crippen LogP contribution in [0.4, 0.5) is 17.8 Å². The molecule has 0 saturated heterocycles. The molecule has 17 heavy (non-hydrogen) atoms. The van der Waals surface area contributed by atoms with Crippen LogP contribution in [0.5, 0.6) is 0 Å². The molecule has 0 aliphatic heterocycles. The zero-order chi connectivity index (χ0) is 12.5. The highest BCUT2D eigenvalue weighted by Crippen LogP contribution is 2.44. The molecule has 0 radical (unpaired) electrons. The monoisotopic (exact) mass is 237 g/mol. The van der Waals surface area contributed by atoms with Gasteiger partial charge in [-0.05, 0) is 18.3 Å². The Bertz CT molecular complexity index is 400. The minimum atomic E-state index is 0.368. The number of hydrogen-bond acceptors (Lipinski definition) is 7. The molecule has 0 spiro atoms. The Kier molecular flexibility index (Phi) is 3.01. The van der Waals surface area contributed by atoms with Crippen LogP contribution in [-0.2, 0) is 0 Å². The number of hydrazine groups is 1. The van der Waals surface area contributed by atoms with Crippen molar-refractivity contribution in [3.63, 3.8) is 0 Å². The molecule has 1 fully saturated rings. The van der Waals surface area contributed by atoms with Crippen LogP contribution in [0.15, 0.2) is 0 Å². The first-order valence-electron chi connectivity index (χ1n) is 5.66. The molecule has 7 nitrogen and oxygen atoms in total. The molecular formula is C10H19N7. The standard InChI is InChI=1S/C10H19N7/c1-10(4-5-10)6-12-7-13-8(16-11)15-9(14-7)17(2)3/h4-6,11H2,1-3H3,(H2,12,13,14,15,16). The Labute approximate surface area is 101 Å². The third kappa shape index (κ3) is 2.94. The molecule has 1 heterocycles. The van der Waals surface area contributed by atoms with Crippen LogP contribution in [0.3, 0.4) is 0 Å². The van der Waals surface area contributed by atoms with Gasteiger partial charge in [-0.15, -0.1) is 0 Å². The van der Waals surface area contributed by atoms with E-state index in [0.29, 0.717) is 23.3 Å². The Morgan fingerprint density at radius 2 is 1.88 bits per heavy atom. The number of aromatic nitrogens is 3. The van der Waals surface area contributed by atoms with Crippen LogP contribution in [0.2, 0.25) is 0 Å². The van der Waals surface area contributed by atoms with Crippen molar-refractivity contribution in [2.24, 2.45) is 11.3 Å². The average molecular weight is 237 g/mol. The molecule has 4 N–H and O–H groups in total. The van der Waals surface area contributed by atoms with Crippen LogP contribution in [0.1, 0.15) is 19.8 Å². The fourth-order valence-corrected chi connectivity index (χ4v) is 1.39. The van der Waals surface area contributed by atoms with E-state index in [1.54, 1.807) is 0 Å². The Morgan fingerprint density at radius 1 is 1.24 bits per heavy atom. The summed E-state index contributed by atoms with van der Waals surface area (Å²) in [6, 6.07) is 0. The lowest BCUT2D eigenvalue weighted by molar-refractivity contribution is 0.607. The summed E-state index contributed by atoms with van der Waals surface area (Å²) in [7, 11) is 3.75. The molecule has 2 rings (SSSR count). The molecule has 0 atom stereocenters. The average Bonchev–Trinajstić information content (AvgIpc) is 3.05. The van der Waals surface area contributed by atoms with Crippen LogP contribution in [0, 0.1) is 5.41 Å². The Balaban J connectivity index is 2.11. The summed E-state index contributed by atoms with van der Waals surface area (Å²) in [5.41, 5.74) is 2.85. The third-order valence-electron chi connectivity index (χ3n) is 2.93. The van der Waals surface area contributed by atoms with E-state index in [2.05, 4.69) is 32.6 Å². The molecule has 1 aromatic rings. The summed E-state index contributed by atoms with van der Waals surface area (Å²) in [4.78, 5) is 14.4. The van der Waals surface area contributed by atoms with E-state index < -0.39 is 0 Å². The van der Waals surface area contributed by atoms with Gasteiger partial charge in [0.2, 0.25) is 17.8 Å². The van der Waals surface area contributed by atoms with Gasteiger partial charge in [0.1, 0.15) is 0 Å². The lowest BCUT2D eigenvalue weighted by Gasteiger charge is -2.14. The van der Waals surface area contributed by atoms with Gasteiger partial charge in [-0.25, -0.2) is 5.84 Å². The fraction of sp³-hybridized carbons (Fsp3) is 0.700. The van der Waals surface area contributed by atoms with Gasteiger partial charge in [0.05, 0.1) is 0 Å². The van der Waals surface area contributed by atoms with Gasteiger partial charge in [0.15, 0.2) is 0 Å². The van der Waals surface area contributed by atoms with Crippen LogP contribution >= 0.6 is 0 Å². The van der Waals surface area contributed by atoms with Crippen molar-refractivity contribution < 1.29 is 0 Å². The molecule has 1 aliphatic rings. The van der Waals surface area contributed by atoms with E-state index in [1.165, 1.54) is 12.8 Å². The van der Waals surface area contributed by atoms with Gasteiger partial charge in [-0.3, -0.25) is 5.43 Å². The second-order valence-electron chi connectivity index (χ2n) is 4.99. The lowest BCUT2D eigenvalue weighted by Crippen LogP contribution is -2.20. The number of anilines is 3. The quantitative estimate of drug-likeness (QED) is 0.505. The molecule has 1 aliphatic carbocycles. The van der Waals surface area contributed by atoms with E-state index >= 15 is 0 Å². The van der Waals surface area contributed by atoms with E-state index in [4.69, 9.17) is 5.84 Å². The summed E-state index contributed by atoms with van der Waals surface area (Å²) in [6.45, 7) is 3.13. The molecular weight excluding hydrogens is 218 g/mol. The second-order valence-corrected chi connectivity index (χ2v) is 4.99. The predicted octanol–water partition coefficient (Wildman–Crippen LogP) is 0.435. The first-order chi connectivity index (χ1) is 8.02. The highest BCUT2D eigenvalue weighted by atomic mass is 15.4. The predicted molar refractivity (Wildman–Crippen MR) is 67.8 cm³/mol. The van der Waals surface area contributed by atoms with Gasteiger partial charge in [-0.1, -0.05) is 6.92 Å². The topological polar surface area (TPSA) is 92.0 Å². The minimum absolute atomic E-state index is 0.368. The highest BCUT2D eigenvalue weighted by Gasteiger charge is 2.37. The fourth-order valence-electron chi connectivity index (χ4n) is 1.39. The van der Waals surface area contributed by atoms with E-state index in [-0.39, 0.29) is 0 Å². The molecule has 0 bridgehead atoms. The summed E-state index contributed by atoms with van der Waals surface area (Å²) in [6.07, 6.45) is 2.52. The highest BCUT2D eigenvalue weighted by molar-refractivity contribution is 5.42. The van der Waals surface area contributed by atoms with Crippen molar-refractivity contribution in [2.45, 2.75) is 19.8 Å². The van der Waals surface area contributed by atoms with Crippen molar-refractivity contribution >= 4 is 17.8 Å². The molecule has 7 heteroatoms. The SMILES string of the molecule is CN(C)c1nc(NN)nc(NCC2(C)CC2)n1. The number of hydrogen-bond donors (Lipinski definition) is 3. The smallest absolute Gasteiger partial charge is 0.243 e. The van der Waals surface area contributed by atoms with Crippen LogP contribution < -0.4 is 21.5 Å². The van der Waals surface area contributed by atoms with Gasteiger partial charge in [0, 0.05) is 20.6 Å². The van der Waals surface area contributed by atoms with Crippen molar-refractivity contribution in [3.8, 4) is 0 Å². The van der Waals surface area contributed by atoms with Crippen molar-refractivity contribution in [1.29, 1.82) is 0 Å². The van der Waals surface area contributed by atoms with E-state index in [0.717, 1.165) is 6.54 Å². The Hall–Kier alpha value is -1.63. The number of nitrogens with two attached hydrogens (primary N) is 1. The number of rotatable bonds is 5. The van der Waals surface area contributed by atoms with Gasteiger partial charge < -0.3 is 10.2 Å². The molecule has 0 unspecified atom stereocenters. The van der Waals surface area contributed by atoms with Crippen LogP contribution in [0.25, 0.3) is 0 Å².